The van der Waals surface area contributed by atoms with Gasteiger partial charge in [0.2, 0.25) is 11.8 Å². The molecule has 7 heteroatoms. The van der Waals surface area contributed by atoms with Crippen LogP contribution in [0.2, 0.25) is 0 Å². The summed E-state index contributed by atoms with van der Waals surface area (Å²) in [6, 6.07) is 12.5. The second kappa shape index (κ2) is 8.31. The van der Waals surface area contributed by atoms with E-state index in [1.807, 2.05) is 55.3 Å². The van der Waals surface area contributed by atoms with Crippen LogP contribution in [0.25, 0.3) is 0 Å². The normalized spacial score (nSPS) is 14.3. The summed E-state index contributed by atoms with van der Waals surface area (Å²) in [6.07, 6.45) is 0. The Morgan fingerprint density at radius 3 is 2.68 bits per heavy atom. The van der Waals surface area contributed by atoms with Crippen LogP contribution in [0.5, 0.6) is 11.5 Å². The lowest BCUT2D eigenvalue weighted by molar-refractivity contribution is -0.125. The van der Waals surface area contributed by atoms with Crippen LogP contribution in [0.15, 0.2) is 42.5 Å². The Kier molecular flexibility index (Phi) is 5.84. The lowest BCUT2D eigenvalue weighted by Crippen LogP contribution is -2.50. The minimum absolute atomic E-state index is 0.0138. The fraction of sp³-hybridized carbons (Fsp3) is 0.333. The van der Waals surface area contributed by atoms with Crippen molar-refractivity contribution in [1.29, 1.82) is 0 Å². The predicted molar refractivity (Wildman–Crippen MR) is 108 cm³/mol. The average molecular weight is 383 g/mol. The number of nitrogens with zero attached hydrogens (tertiary/aromatic N) is 2. The molecule has 1 aliphatic heterocycles. The number of amides is 2. The molecule has 2 aromatic carbocycles. The van der Waals surface area contributed by atoms with Gasteiger partial charge in [0.15, 0.2) is 0 Å². The SMILES string of the molecule is COc1ccc(CN(C)[C@@H](C)C(=O)N2CC(=O)Nc3ccccc32)c(OC)c1. The predicted octanol–water partition coefficient (Wildman–Crippen LogP) is 2.51. The number of likely N-dealkylation sites (N-methyl/N-ethyl adjacent to an activating group) is 1. The number of carbonyl (C=O) groups is 2. The molecule has 2 aromatic rings. The zero-order chi connectivity index (χ0) is 20.3. The molecule has 0 fully saturated rings. The number of fused-ring (bicyclic) bond motifs is 1. The van der Waals surface area contributed by atoms with Gasteiger partial charge < -0.3 is 14.8 Å². The van der Waals surface area contributed by atoms with Crippen molar-refractivity contribution in [3.05, 3.63) is 48.0 Å². The van der Waals surface area contributed by atoms with E-state index in [0.717, 1.165) is 11.3 Å². The van der Waals surface area contributed by atoms with Crippen LogP contribution in [0, 0.1) is 0 Å². The van der Waals surface area contributed by atoms with E-state index in [1.165, 1.54) is 0 Å². The van der Waals surface area contributed by atoms with Gasteiger partial charge in [-0.05, 0) is 32.2 Å². The number of nitrogens with one attached hydrogen (secondary N) is 1. The minimum atomic E-state index is -0.425. The molecule has 0 unspecified atom stereocenters. The van der Waals surface area contributed by atoms with Crippen molar-refractivity contribution in [3.8, 4) is 11.5 Å². The summed E-state index contributed by atoms with van der Waals surface area (Å²) in [4.78, 5) is 28.6. The number of methoxy groups -OCH3 is 2. The van der Waals surface area contributed by atoms with Crippen molar-refractivity contribution in [2.75, 3.05) is 38.0 Å². The van der Waals surface area contributed by atoms with Crippen LogP contribution >= 0.6 is 0 Å². The van der Waals surface area contributed by atoms with Crippen LogP contribution in [0.4, 0.5) is 11.4 Å². The average Bonchev–Trinajstić information content (AvgIpc) is 2.72. The maximum atomic E-state index is 13.1. The number of anilines is 2. The molecule has 0 aliphatic carbocycles. The van der Waals surface area contributed by atoms with Crippen LogP contribution in [-0.4, -0.2) is 50.6 Å². The topological polar surface area (TPSA) is 71.1 Å². The number of carbonyl (C=O) groups excluding carboxylic acids is 2. The maximum absolute atomic E-state index is 13.1. The molecule has 0 saturated carbocycles. The molecule has 0 spiro atoms. The van der Waals surface area contributed by atoms with Crippen molar-refractivity contribution < 1.29 is 19.1 Å². The molecule has 3 rings (SSSR count). The number of hydrogen-bond donors (Lipinski definition) is 1. The van der Waals surface area contributed by atoms with Crippen LogP contribution in [0.1, 0.15) is 12.5 Å². The lowest BCUT2D eigenvalue weighted by Gasteiger charge is -2.34. The largest absolute Gasteiger partial charge is 0.497 e. The fourth-order valence-corrected chi connectivity index (χ4v) is 3.23. The van der Waals surface area contributed by atoms with Gasteiger partial charge in [-0.1, -0.05) is 18.2 Å². The summed E-state index contributed by atoms with van der Waals surface area (Å²) in [7, 11) is 5.09. The molecule has 0 bridgehead atoms. The van der Waals surface area contributed by atoms with E-state index in [0.29, 0.717) is 23.7 Å². The third kappa shape index (κ3) is 3.94. The van der Waals surface area contributed by atoms with E-state index in [9.17, 15) is 9.59 Å². The highest BCUT2D eigenvalue weighted by molar-refractivity contribution is 6.11. The molecule has 28 heavy (non-hydrogen) atoms. The number of rotatable bonds is 6. The summed E-state index contributed by atoms with van der Waals surface area (Å²) < 4.78 is 10.7. The molecule has 0 saturated heterocycles. The zero-order valence-electron chi connectivity index (χ0n) is 16.6. The maximum Gasteiger partial charge on any atom is 0.244 e. The van der Waals surface area contributed by atoms with Crippen molar-refractivity contribution in [2.45, 2.75) is 19.5 Å². The Balaban J connectivity index is 1.78. The molecule has 0 radical (unpaired) electrons. The molecule has 1 atom stereocenters. The number of para-hydroxylation sites is 2. The zero-order valence-corrected chi connectivity index (χ0v) is 16.6. The second-order valence-corrected chi connectivity index (χ2v) is 6.76. The molecular weight excluding hydrogens is 358 g/mol. The summed E-state index contributed by atoms with van der Waals surface area (Å²) in [5, 5.41) is 2.80. The molecule has 1 heterocycles. The molecular formula is C21H25N3O4. The van der Waals surface area contributed by atoms with Gasteiger partial charge in [-0.15, -0.1) is 0 Å². The highest BCUT2D eigenvalue weighted by Crippen LogP contribution is 2.30. The number of benzene rings is 2. The van der Waals surface area contributed by atoms with Crippen LogP contribution < -0.4 is 19.7 Å². The fourth-order valence-electron chi connectivity index (χ4n) is 3.23. The Hall–Kier alpha value is -3.06. The van der Waals surface area contributed by atoms with E-state index in [-0.39, 0.29) is 18.4 Å². The first-order valence-electron chi connectivity index (χ1n) is 9.06. The first-order valence-corrected chi connectivity index (χ1v) is 9.06. The van der Waals surface area contributed by atoms with Gasteiger partial charge in [-0.25, -0.2) is 0 Å². The van der Waals surface area contributed by atoms with E-state index < -0.39 is 6.04 Å². The summed E-state index contributed by atoms with van der Waals surface area (Å²) in [6.45, 7) is 2.37. The van der Waals surface area contributed by atoms with E-state index in [4.69, 9.17) is 9.47 Å². The van der Waals surface area contributed by atoms with Gasteiger partial charge in [-0.2, -0.15) is 0 Å². The monoisotopic (exact) mass is 383 g/mol. The van der Waals surface area contributed by atoms with Crippen molar-refractivity contribution in [1.82, 2.24) is 4.90 Å². The Labute approximate surface area is 164 Å². The number of ether oxygens (including phenoxy) is 2. The first kappa shape index (κ1) is 19.7. The van der Waals surface area contributed by atoms with E-state index in [1.54, 1.807) is 25.2 Å². The van der Waals surface area contributed by atoms with Gasteiger partial charge in [0.25, 0.3) is 0 Å². The van der Waals surface area contributed by atoms with Crippen molar-refractivity contribution in [2.24, 2.45) is 0 Å². The Morgan fingerprint density at radius 1 is 1.21 bits per heavy atom. The second-order valence-electron chi connectivity index (χ2n) is 6.76. The van der Waals surface area contributed by atoms with Crippen LogP contribution in [0.3, 0.4) is 0 Å². The third-order valence-corrected chi connectivity index (χ3v) is 4.97. The first-order chi connectivity index (χ1) is 13.4. The highest BCUT2D eigenvalue weighted by Gasteiger charge is 2.31. The molecule has 7 nitrogen and oxygen atoms in total. The quantitative estimate of drug-likeness (QED) is 0.830. The van der Waals surface area contributed by atoms with Gasteiger partial charge in [-0.3, -0.25) is 19.4 Å². The van der Waals surface area contributed by atoms with Gasteiger partial charge in [0.05, 0.1) is 31.6 Å². The minimum Gasteiger partial charge on any atom is -0.497 e. The summed E-state index contributed by atoms with van der Waals surface area (Å²) >= 11 is 0. The highest BCUT2D eigenvalue weighted by atomic mass is 16.5. The third-order valence-electron chi connectivity index (χ3n) is 4.97. The molecule has 148 valence electrons. The van der Waals surface area contributed by atoms with Gasteiger partial charge >= 0.3 is 0 Å². The van der Waals surface area contributed by atoms with Crippen molar-refractivity contribution in [3.63, 3.8) is 0 Å². The van der Waals surface area contributed by atoms with E-state index >= 15 is 0 Å². The lowest BCUT2D eigenvalue weighted by atomic mass is 10.1. The Morgan fingerprint density at radius 2 is 1.96 bits per heavy atom. The van der Waals surface area contributed by atoms with Crippen LogP contribution in [-0.2, 0) is 16.1 Å². The molecule has 2 amide bonds. The van der Waals surface area contributed by atoms with Gasteiger partial charge in [0, 0.05) is 18.2 Å². The molecule has 0 aromatic heterocycles. The summed E-state index contributed by atoms with van der Waals surface area (Å²) in [5.41, 5.74) is 2.32. The molecule has 1 N–H and O–H groups in total. The van der Waals surface area contributed by atoms with Crippen molar-refractivity contribution >= 4 is 23.2 Å². The summed E-state index contributed by atoms with van der Waals surface area (Å²) in [5.74, 6) is 1.09. The molecule has 1 aliphatic rings. The van der Waals surface area contributed by atoms with E-state index in [2.05, 4.69) is 5.32 Å². The standard InChI is InChI=1S/C21H25N3O4/c1-14(23(2)12-15-9-10-16(27-3)11-19(15)28-4)21(26)24-13-20(25)22-17-7-5-6-8-18(17)24/h5-11,14H,12-13H2,1-4H3,(H,22,25)/t14-/m0/s1. The van der Waals surface area contributed by atoms with Gasteiger partial charge in [0.1, 0.15) is 18.0 Å². The smallest absolute Gasteiger partial charge is 0.244 e. The number of hydrogen-bond acceptors (Lipinski definition) is 5. The Bertz CT molecular complexity index is 884.